The molecule has 2 aromatic rings. The number of rotatable bonds is 9. The van der Waals surface area contributed by atoms with Gasteiger partial charge in [-0.15, -0.1) is 0 Å². The summed E-state index contributed by atoms with van der Waals surface area (Å²) in [5, 5.41) is 0.0658. The molecule has 9 heteroatoms. The van der Waals surface area contributed by atoms with E-state index >= 15 is 0 Å². The van der Waals surface area contributed by atoms with E-state index in [4.69, 9.17) is 30.5 Å². The highest BCUT2D eigenvalue weighted by molar-refractivity contribution is 6.28. The number of anilines is 1. The molecule has 0 spiro atoms. The van der Waals surface area contributed by atoms with Gasteiger partial charge in [0.2, 0.25) is 5.28 Å². The molecular formula is C20H24ClN3O5. The maximum Gasteiger partial charge on any atom is 0.329 e. The number of methoxy groups -OCH3 is 1. The summed E-state index contributed by atoms with van der Waals surface area (Å²) in [7, 11) is 3.38. The van der Waals surface area contributed by atoms with Crippen molar-refractivity contribution in [3.05, 3.63) is 41.3 Å². The van der Waals surface area contributed by atoms with E-state index in [9.17, 15) is 4.79 Å². The SMILES string of the molecule is CCOC(=O)C(C1COC1)N(C)c1nc(Cl)ncc1OCc1ccc(OC)cc1. The lowest BCUT2D eigenvalue weighted by atomic mass is 9.96. The molecule has 0 aliphatic carbocycles. The van der Waals surface area contributed by atoms with Crippen molar-refractivity contribution in [3.63, 3.8) is 0 Å². The van der Waals surface area contributed by atoms with Crippen LogP contribution in [0.5, 0.6) is 11.5 Å². The molecule has 29 heavy (non-hydrogen) atoms. The number of carbonyl (C=O) groups excluding carboxylic acids is 1. The Hall–Kier alpha value is -2.58. The van der Waals surface area contributed by atoms with Crippen molar-refractivity contribution in [1.82, 2.24) is 9.97 Å². The van der Waals surface area contributed by atoms with Gasteiger partial charge in [-0.2, -0.15) is 4.98 Å². The van der Waals surface area contributed by atoms with Crippen molar-refractivity contribution < 1.29 is 23.7 Å². The first-order chi connectivity index (χ1) is 14.0. The second-order valence-electron chi connectivity index (χ2n) is 6.57. The van der Waals surface area contributed by atoms with Crippen LogP contribution in [0.15, 0.2) is 30.5 Å². The largest absolute Gasteiger partial charge is 0.497 e. The summed E-state index contributed by atoms with van der Waals surface area (Å²) in [5.74, 6) is 1.27. The van der Waals surface area contributed by atoms with Gasteiger partial charge in [0.15, 0.2) is 11.6 Å². The molecule has 0 N–H and O–H groups in total. The van der Waals surface area contributed by atoms with Crippen molar-refractivity contribution in [2.24, 2.45) is 5.92 Å². The number of hydrogen-bond donors (Lipinski definition) is 0. The molecule has 2 heterocycles. The highest BCUT2D eigenvalue weighted by atomic mass is 35.5. The lowest BCUT2D eigenvalue weighted by Crippen LogP contribution is -2.52. The topological polar surface area (TPSA) is 83.0 Å². The minimum atomic E-state index is -0.557. The van der Waals surface area contributed by atoms with Gasteiger partial charge in [-0.05, 0) is 36.2 Å². The number of nitrogens with zero attached hydrogens (tertiary/aromatic N) is 3. The van der Waals surface area contributed by atoms with Gasteiger partial charge in [-0.25, -0.2) is 9.78 Å². The van der Waals surface area contributed by atoms with Crippen LogP contribution in [-0.2, 0) is 20.9 Å². The molecule has 1 atom stereocenters. The van der Waals surface area contributed by atoms with E-state index in [1.54, 1.807) is 26.0 Å². The van der Waals surface area contributed by atoms with E-state index in [0.29, 0.717) is 38.0 Å². The molecule has 0 amide bonds. The predicted molar refractivity (Wildman–Crippen MR) is 108 cm³/mol. The molecule has 0 bridgehead atoms. The van der Waals surface area contributed by atoms with Crippen LogP contribution in [-0.4, -0.2) is 56.0 Å². The number of hydrogen-bond acceptors (Lipinski definition) is 8. The molecule has 1 unspecified atom stereocenters. The number of carbonyl (C=O) groups is 1. The lowest BCUT2D eigenvalue weighted by molar-refractivity contribution is -0.151. The first-order valence-electron chi connectivity index (χ1n) is 9.29. The molecule has 8 nitrogen and oxygen atoms in total. The molecule has 1 fully saturated rings. The van der Waals surface area contributed by atoms with Gasteiger partial charge in [0.05, 0.1) is 33.1 Å². The minimum absolute atomic E-state index is 0.00206. The average molecular weight is 422 g/mol. The lowest BCUT2D eigenvalue weighted by Gasteiger charge is -2.38. The van der Waals surface area contributed by atoms with Crippen molar-refractivity contribution in [1.29, 1.82) is 0 Å². The van der Waals surface area contributed by atoms with Crippen LogP contribution in [0.4, 0.5) is 5.82 Å². The van der Waals surface area contributed by atoms with E-state index in [2.05, 4.69) is 9.97 Å². The zero-order chi connectivity index (χ0) is 20.8. The fraction of sp³-hybridized carbons (Fsp3) is 0.450. The Kier molecular flexibility index (Phi) is 7.11. The Labute approximate surface area is 174 Å². The number of likely N-dealkylation sites (N-methyl/N-ethyl adjacent to an activating group) is 1. The van der Waals surface area contributed by atoms with Gasteiger partial charge in [-0.3, -0.25) is 0 Å². The van der Waals surface area contributed by atoms with Crippen LogP contribution < -0.4 is 14.4 Å². The van der Waals surface area contributed by atoms with E-state index < -0.39 is 6.04 Å². The third kappa shape index (κ3) is 5.07. The van der Waals surface area contributed by atoms with Gasteiger partial charge in [0.25, 0.3) is 0 Å². The quantitative estimate of drug-likeness (QED) is 0.451. The molecule has 3 rings (SSSR count). The summed E-state index contributed by atoms with van der Waals surface area (Å²) >= 11 is 6.03. The van der Waals surface area contributed by atoms with E-state index in [0.717, 1.165) is 11.3 Å². The number of benzene rings is 1. The van der Waals surface area contributed by atoms with E-state index in [1.165, 1.54) is 6.20 Å². The van der Waals surface area contributed by atoms with Crippen LogP contribution in [0.3, 0.4) is 0 Å². The average Bonchev–Trinajstić information content (AvgIpc) is 2.69. The zero-order valence-electron chi connectivity index (χ0n) is 16.6. The summed E-state index contributed by atoms with van der Waals surface area (Å²) in [6.45, 7) is 3.33. The molecule has 0 saturated carbocycles. The molecule has 1 aliphatic heterocycles. The smallest absolute Gasteiger partial charge is 0.329 e. The zero-order valence-corrected chi connectivity index (χ0v) is 17.4. The summed E-state index contributed by atoms with van der Waals surface area (Å²) in [6, 6.07) is 6.98. The molecule has 156 valence electrons. The van der Waals surface area contributed by atoms with Crippen LogP contribution in [0.2, 0.25) is 5.28 Å². The first-order valence-corrected chi connectivity index (χ1v) is 9.66. The van der Waals surface area contributed by atoms with Crippen molar-refractivity contribution in [2.45, 2.75) is 19.6 Å². The van der Waals surface area contributed by atoms with E-state index in [1.807, 2.05) is 24.3 Å². The molecule has 0 radical (unpaired) electrons. The minimum Gasteiger partial charge on any atom is -0.497 e. The van der Waals surface area contributed by atoms with Crippen molar-refractivity contribution in [2.75, 3.05) is 38.9 Å². The van der Waals surface area contributed by atoms with Crippen molar-refractivity contribution >= 4 is 23.4 Å². The second kappa shape index (κ2) is 9.76. The second-order valence-corrected chi connectivity index (χ2v) is 6.91. The summed E-state index contributed by atoms with van der Waals surface area (Å²) in [4.78, 5) is 22.6. The third-order valence-corrected chi connectivity index (χ3v) is 4.83. The number of halogens is 1. The first kappa shape index (κ1) is 21.1. The summed E-state index contributed by atoms with van der Waals surface area (Å²) in [5.41, 5.74) is 0.948. The standard InChI is InChI=1S/C20H24ClN3O5/c1-4-28-19(25)17(14-11-27-12-14)24(2)18-16(9-22-20(21)23-18)29-10-13-5-7-15(26-3)8-6-13/h5-9,14,17H,4,10-12H2,1-3H3. The fourth-order valence-corrected chi connectivity index (χ4v) is 3.17. The maximum atomic E-state index is 12.6. The van der Waals surface area contributed by atoms with Crippen LogP contribution >= 0.6 is 11.6 Å². The summed E-state index contributed by atoms with van der Waals surface area (Å²) in [6.07, 6.45) is 1.50. The monoisotopic (exact) mass is 421 g/mol. The van der Waals surface area contributed by atoms with Gasteiger partial charge in [0.1, 0.15) is 18.4 Å². The molecular weight excluding hydrogens is 398 g/mol. The molecule has 1 aromatic heterocycles. The van der Waals surface area contributed by atoms with E-state index in [-0.39, 0.29) is 17.2 Å². The van der Waals surface area contributed by atoms with Gasteiger partial charge < -0.3 is 23.8 Å². The molecule has 1 aliphatic rings. The van der Waals surface area contributed by atoms with Gasteiger partial charge in [-0.1, -0.05) is 12.1 Å². The van der Waals surface area contributed by atoms with Gasteiger partial charge in [0, 0.05) is 13.0 Å². The Morgan fingerprint density at radius 1 is 1.34 bits per heavy atom. The fourth-order valence-electron chi connectivity index (χ4n) is 3.04. The third-order valence-electron chi connectivity index (χ3n) is 4.65. The highest BCUT2D eigenvalue weighted by Crippen LogP contribution is 2.31. The van der Waals surface area contributed by atoms with Crippen molar-refractivity contribution in [3.8, 4) is 11.5 Å². The summed E-state index contributed by atoms with van der Waals surface area (Å²) < 4.78 is 21.6. The normalized spacial score (nSPS) is 14.6. The Balaban J connectivity index is 1.81. The highest BCUT2D eigenvalue weighted by Gasteiger charge is 2.39. The Morgan fingerprint density at radius 3 is 2.66 bits per heavy atom. The predicted octanol–water partition coefficient (Wildman–Crippen LogP) is 2.73. The molecule has 1 aromatic carbocycles. The van der Waals surface area contributed by atoms with Crippen LogP contribution in [0.25, 0.3) is 0 Å². The van der Waals surface area contributed by atoms with Crippen LogP contribution in [0.1, 0.15) is 12.5 Å². The number of ether oxygens (including phenoxy) is 4. The maximum absolute atomic E-state index is 12.6. The number of aromatic nitrogens is 2. The van der Waals surface area contributed by atoms with Crippen LogP contribution in [0, 0.1) is 5.92 Å². The molecule has 1 saturated heterocycles. The Morgan fingerprint density at radius 2 is 2.07 bits per heavy atom. The number of esters is 1. The Bertz CT molecular complexity index is 829. The van der Waals surface area contributed by atoms with Gasteiger partial charge >= 0.3 is 5.97 Å².